The Kier molecular flexibility index (Phi) is 7.81. The molecule has 0 bridgehead atoms. The molecular weight excluding hydrogens is 172 g/mol. The minimum absolute atomic E-state index is 0.599. The van der Waals surface area contributed by atoms with E-state index in [-0.39, 0.29) is 0 Å². The molecule has 0 saturated carbocycles. The lowest BCUT2D eigenvalue weighted by Crippen LogP contribution is -2.34. The Hall–Kier alpha value is -0.340. The normalized spacial score (nSPS) is 11.6. The van der Waals surface area contributed by atoms with Gasteiger partial charge in [-0.1, -0.05) is 19.9 Å². The Morgan fingerprint density at radius 2 is 1.93 bits per heavy atom. The van der Waals surface area contributed by atoms with Crippen LogP contribution in [0.5, 0.6) is 0 Å². The van der Waals surface area contributed by atoms with Crippen LogP contribution in [0.1, 0.15) is 34.1 Å². The van der Waals surface area contributed by atoms with Gasteiger partial charge in [-0.25, -0.2) is 0 Å². The first-order chi connectivity index (χ1) is 6.57. The van der Waals surface area contributed by atoms with Gasteiger partial charge in [-0.15, -0.1) is 6.58 Å². The Balaban J connectivity index is 3.55. The van der Waals surface area contributed by atoms with Crippen LogP contribution in [0.3, 0.4) is 0 Å². The van der Waals surface area contributed by atoms with Gasteiger partial charge in [0.1, 0.15) is 0 Å². The van der Waals surface area contributed by atoms with Gasteiger partial charge in [0.25, 0.3) is 0 Å². The molecule has 0 aromatic rings. The summed E-state index contributed by atoms with van der Waals surface area (Å²) < 4.78 is 0. The molecule has 0 aliphatic carbocycles. The molecule has 0 spiro atoms. The maximum absolute atomic E-state index is 3.78. The molecule has 2 heteroatoms. The summed E-state index contributed by atoms with van der Waals surface area (Å²) in [6.07, 6.45) is 3.19. The third kappa shape index (κ3) is 7.10. The van der Waals surface area contributed by atoms with Crippen molar-refractivity contribution in [3.63, 3.8) is 0 Å². The molecule has 0 radical (unpaired) electrons. The standard InChI is InChI=1S/C12H26N2/c1-6-9-14(12(4)5)10-7-8-13-11(2)3/h6,11-13H,1,7-10H2,2-5H3. The van der Waals surface area contributed by atoms with Gasteiger partial charge in [-0.05, 0) is 33.4 Å². The molecule has 0 aromatic heterocycles. The van der Waals surface area contributed by atoms with E-state index in [9.17, 15) is 0 Å². The molecule has 0 rings (SSSR count). The molecule has 0 aliphatic rings. The van der Waals surface area contributed by atoms with E-state index in [1.807, 2.05) is 6.08 Å². The Morgan fingerprint density at radius 3 is 2.36 bits per heavy atom. The zero-order valence-electron chi connectivity index (χ0n) is 10.2. The van der Waals surface area contributed by atoms with Crippen LogP contribution >= 0.6 is 0 Å². The van der Waals surface area contributed by atoms with E-state index in [2.05, 4.69) is 44.5 Å². The SMILES string of the molecule is C=CCN(CCCNC(C)C)C(C)C. The summed E-state index contributed by atoms with van der Waals surface area (Å²) in [5.41, 5.74) is 0. The van der Waals surface area contributed by atoms with Crippen molar-refractivity contribution in [2.45, 2.75) is 46.2 Å². The summed E-state index contributed by atoms with van der Waals surface area (Å²) in [7, 11) is 0. The quantitative estimate of drug-likeness (QED) is 0.475. The summed E-state index contributed by atoms with van der Waals surface area (Å²) in [6.45, 7) is 15.9. The molecule has 2 nitrogen and oxygen atoms in total. The topological polar surface area (TPSA) is 15.3 Å². The molecule has 0 atom stereocenters. The smallest absolute Gasteiger partial charge is 0.0163 e. The zero-order valence-corrected chi connectivity index (χ0v) is 10.2. The van der Waals surface area contributed by atoms with Crippen LogP contribution in [0.2, 0.25) is 0 Å². The second-order valence-electron chi connectivity index (χ2n) is 4.34. The molecule has 0 amide bonds. The van der Waals surface area contributed by atoms with Crippen molar-refractivity contribution in [2.24, 2.45) is 0 Å². The lowest BCUT2D eigenvalue weighted by molar-refractivity contribution is 0.241. The highest BCUT2D eigenvalue weighted by atomic mass is 15.1. The second kappa shape index (κ2) is 8.01. The van der Waals surface area contributed by atoms with Gasteiger partial charge in [0.05, 0.1) is 0 Å². The van der Waals surface area contributed by atoms with E-state index in [4.69, 9.17) is 0 Å². The number of hydrogen-bond donors (Lipinski definition) is 1. The molecule has 1 N–H and O–H groups in total. The minimum Gasteiger partial charge on any atom is -0.314 e. The van der Waals surface area contributed by atoms with Crippen LogP contribution in [0.15, 0.2) is 12.7 Å². The van der Waals surface area contributed by atoms with Gasteiger partial charge < -0.3 is 5.32 Å². The first-order valence-electron chi connectivity index (χ1n) is 5.66. The van der Waals surface area contributed by atoms with Gasteiger partial charge in [0.2, 0.25) is 0 Å². The summed E-state index contributed by atoms with van der Waals surface area (Å²) in [6, 6.07) is 1.22. The monoisotopic (exact) mass is 198 g/mol. The fourth-order valence-corrected chi connectivity index (χ4v) is 1.40. The number of rotatable bonds is 8. The third-order valence-corrected chi connectivity index (χ3v) is 2.27. The first-order valence-corrected chi connectivity index (χ1v) is 5.66. The minimum atomic E-state index is 0.599. The van der Waals surface area contributed by atoms with E-state index >= 15 is 0 Å². The fraction of sp³-hybridized carbons (Fsp3) is 0.833. The van der Waals surface area contributed by atoms with Crippen molar-refractivity contribution in [3.05, 3.63) is 12.7 Å². The molecular formula is C12H26N2. The molecule has 0 fully saturated rings. The van der Waals surface area contributed by atoms with Crippen LogP contribution < -0.4 is 5.32 Å². The van der Waals surface area contributed by atoms with E-state index in [1.54, 1.807) is 0 Å². The predicted molar refractivity (Wildman–Crippen MR) is 64.7 cm³/mol. The van der Waals surface area contributed by atoms with Gasteiger partial charge in [0.15, 0.2) is 0 Å². The molecule has 14 heavy (non-hydrogen) atoms. The fourth-order valence-electron chi connectivity index (χ4n) is 1.40. The van der Waals surface area contributed by atoms with Crippen LogP contribution in [-0.2, 0) is 0 Å². The number of nitrogens with one attached hydrogen (secondary N) is 1. The van der Waals surface area contributed by atoms with Crippen molar-refractivity contribution in [1.29, 1.82) is 0 Å². The van der Waals surface area contributed by atoms with E-state index < -0.39 is 0 Å². The lowest BCUT2D eigenvalue weighted by atomic mass is 10.2. The first kappa shape index (κ1) is 13.7. The Labute approximate surface area is 89.4 Å². The van der Waals surface area contributed by atoms with E-state index in [0.717, 1.165) is 19.6 Å². The van der Waals surface area contributed by atoms with Gasteiger partial charge >= 0.3 is 0 Å². The average molecular weight is 198 g/mol. The highest BCUT2D eigenvalue weighted by Gasteiger charge is 2.06. The predicted octanol–water partition coefficient (Wildman–Crippen LogP) is 2.27. The van der Waals surface area contributed by atoms with Crippen molar-refractivity contribution >= 4 is 0 Å². The van der Waals surface area contributed by atoms with Crippen LogP contribution in [0.4, 0.5) is 0 Å². The lowest BCUT2D eigenvalue weighted by Gasteiger charge is -2.25. The zero-order chi connectivity index (χ0) is 11.0. The van der Waals surface area contributed by atoms with Gasteiger partial charge in [-0.2, -0.15) is 0 Å². The third-order valence-electron chi connectivity index (χ3n) is 2.27. The highest BCUT2D eigenvalue weighted by molar-refractivity contribution is 4.75. The van der Waals surface area contributed by atoms with Crippen molar-refractivity contribution in [1.82, 2.24) is 10.2 Å². The molecule has 0 heterocycles. The molecule has 84 valence electrons. The number of hydrogen-bond acceptors (Lipinski definition) is 2. The summed E-state index contributed by atoms with van der Waals surface area (Å²) in [5.74, 6) is 0. The molecule has 0 saturated heterocycles. The second-order valence-corrected chi connectivity index (χ2v) is 4.34. The highest BCUT2D eigenvalue weighted by Crippen LogP contribution is 1.99. The number of nitrogens with zero attached hydrogens (tertiary/aromatic N) is 1. The Morgan fingerprint density at radius 1 is 1.29 bits per heavy atom. The van der Waals surface area contributed by atoms with E-state index in [0.29, 0.717) is 12.1 Å². The maximum atomic E-state index is 3.78. The van der Waals surface area contributed by atoms with Crippen molar-refractivity contribution in [2.75, 3.05) is 19.6 Å². The van der Waals surface area contributed by atoms with Gasteiger partial charge in [-0.3, -0.25) is 4.90 Å². The van der Waals surface area contributed by atoms with Gasteiger partial charge in [0, 0.05) is 18.6 Å². The van der Waals surface area contributed by atoms with Crippen molar-refractivity contribution < 1.29 is 0 Å². The van der Waals surface area contributed by atoms with E-state index in [1.165, 1.54) is 6.42 Å². The average Bonchev–Trinajstić information content (AvgIpc) is 2.09. The summed E-state index contributed by atoms with van der Waals surface area (Å²) in [5, 5.41) is 3.43. The summed E-state index contributed by atoms with van der Waals surface area (Å²) in [4.78, 5) is 2.44. The van der Waals surface area contributed by atoms with Crippen LogP contribution in [-0.4, -0.2) is 36.6 Å². The van der Waals surface area contributed by atoms with Crippen molar-refractivity contribution in [3.8, 4) is 0 Å². The largest absolute Gasteiger partial charge is 0.314 e. The molecule has 0 aromatic carbocycles. The molecule has 0 unspecified atom stereocenters. The Bertz CT molecular complexity index is 141. The van der Waals surface area contributed by atoms with Crippen LogP contribution in [0, 0.1) is 0 Å². The molecule has 0 aliphatic heterocycles. The summed E-state index contributed by atoms with van der Waals surface area (Å²) >= 11 is 0. The van der Waals surface area contributed by atoms with Crippen LogP contribution in [0.25, 0.3) is 0 Å². The maximum Gasteiger partial charge on any atom is 0.0163 e.